The largest absolute Gasteiger partial charge is 0.493 e. The molecular formula is C21H20ClF3N4O4. The molecule has 3 rings (SSSR count). The van der Waals surface area contributed by atoms with E-state index >= 15 is 0 Å². The van der Waals surface area contributed by atoms with Gasteiger partial charge in [-0.1, -0.05) is 23.7 Å². The summed E-state index contributed by atoms with van der Waals surface area (Å²) in [5.74, 6) is -4.75. The molecule has 1 aliphatic rings. The summed E-state index contributed by atoms with van der Waals surface area (Å²) >= 11 is 5.76. The zero-order chi connectivity index (χ0) is 24.2. The predicted octanol–water partition coefficient (Wildman–Crippen LogP) is 3.65. The van der Waals surface area contributed by atoms with Gasteiger partial charge >= 0.3 is 12.1 Å². The Balaban J connectivity index is 1.96. The van der Waals surface area contributed by atoms with E-state index in [1.165, 1.54) is 18.2 Å². The van der Waals surface area contributed by atoms with Gasteiger partial charge in [0.15, 0.2) is 5.82 Å². The van der Waals surface area contributed by atoms with Crippen molar-refractivity contribution in [2.45, 2.75) is 25.9 Å². The number of para-hydroxylation sites is 1. The van der Waals surface area contributed by atoms with Gasteiger partial charge in [0.25, 0.3) is 5.91 Å². The van der Waals surface area contributed by atoms with Crippen molar-refractivity contribution in [3.63, 3.8) is 0 Å². The molecule has 0 atom stereocenters. The quantitative estimate of drug-likeness (QED) is 0.642. The molecule has 0 spiro atoms. The average molecular weight is 485 g/mol. The van der Waals surface area contributed by atoms with Gasteiger partial charge in [0.2, 0.25) is 5.91 Å². The summed E-state index contributed by atoms with van der Waals surface area (Å²) in [5, 5.41) is 6.13. The lowest BCUT2D eigenvalue weighted by Crippen LogP contribution is -2.40. The van der Waals surface area contributed by atoms with E-state index in [1.807, 2.05) is 0 Å². The molecule has 1 aliphatic heterocycles. The molecule has 0 saturated carbocycles. The van der Waals surface area contributed by atoms with Crippen molar-refractivity contribution < 1.29 is 32.4 Å². The number of anilines is 2. The molecule has 1 aromatic heterocycles. The lowest BCUT2D eigenvalue weighted by molar-refractivity contribution is -0.200. The number of hydrogen-bond donors (Lipinski definition) is 2. The summed E-state index contributed by atoms with van der Waals surface area (Å²) in [7, 11) is 0. The number of benzene rings is 1. The SMILES string of the molecule is Cc1cccc(C(=O)N(OC(=O)C(F)(F)F)c2ccc(Cl)cn2)c1NC(=O)C1CCNCC1. The molecule has 2 aromatic rings. The minimum absolute atomic E-state index is 0.105. The molecule has 0 bridgehead atoms. The maximum atomic E-state index is 13.3. The number of pyridine rings is 1. The first-order valence-electron chi connectivity index (χ1n) is 9.94. The van der Waals surface area contributed by atoms with Crippen molar-refractivity contribution in [2.24, 2.45) is 5.92 Å². The van der Waals surface area contributed by atoms with Crippen LogP contribution < -0.4 is 15.7 Å². The number of nitrogens with zero attached hydrogens (tertiary/aromatic N) is 2. The van der Waals surface area contributed by atoms with Crippen LogP contribution in [-0.4, -0.2) is 42.0 Å². The van der Waals surface area contributed by atoms with Crippen molar-refractivity contribution in [1.29, 1.82) is 0 Å². The smallest absolute Gasteiger partial charge is 0.325 e. The fraction of sp³-hybridized carbons (Fsp3) is 0.333. The van der Waals surface area contributed by atoms with Crippen molar-refractivity contribution >= 4 is 40.9 Å². The maximum Gasteiger partial charge on any atom is 0.493 e. The Morgan fingerprint density at radius 1 is 1.18 bits per heavy atom. The number of alkyl halides is 3. The number of piperidine rings is 1. The van der Waals surface area contributed by atoms with Gasteiger partial charge in [-0.05, 0) is 56.6 Å². The molecule has 2 N–H and O–H groups in total. The molecule has 1 aromatic carbocycles. The first-order chi connectivity index (χ1) is 15.6. The molecule has 0 radical (unpaired) electrons. The van der Waals surface area contributed by atoms with Crippen LogP contribution >= 0.6 is 11.6 Å². The summed E-state index contributed by atoms with van der Waals surface area (Å²) in [6.45, 7) is 2.96. The van der Waals surface area contributed by atoms with Crippen LogP contribution in [0.4, 0.5) is 24.7 Å². The van der Waals surface area contributed by atoms with E-state index in [0.717, 1.165) is 12.3 Å². The fourth-order valence-electron chi connectivity index (χ4n) is 3.25. The highest BCUT2D eigenvalue weighted by atomic mass is 35.5. The van der Waals surface area contributed by atoms with Crippen molar-refractivity contribution in [3.05, 3.63) is 52.7 Å². The first-order valence-corrected chi connectivity index (χ1v) is 10.3. The van der Waals surface area contributed by atoms with Crippen LogP contribution in [0.5, 0.6) is 0 Å². The minimum atomic E-state index is -5.36. The van der Waals surface area contributed by atoms with Gasteiger partial charge < -0.3 is 15.5 Å². The number of hydrogen-bond acceptors (Lipinski definition) is 6. The summed E-state index contributed by atoms with van der Waals surface area (Å²) in [6.07, 6.45) is -3.08. The molecule has 33 heavy (non-hydrogen) atoms. The average Bonchev–Trinajstić information content (AvgIpc) is 2.78. The van der Waals surface area contributed by atoms with Gasteiger partial charge in [-0.2, -0.15) is 13.2 Å². The molecule has 2 heterocycles. The highest BCUT2D eigenvalue weighted by Gasteiger charge is 2.44. The number of hydroxylamine groups is 1. The predicted molar refractivity (Wildman–Crippen MR) is 114 cm³/mol. The van der Waals surface area contributed by atoms with Crippen LogP contribution in [0.3, 0.4) is 0 Å². The van der Waals surface area contributed by atoms with Crippen molar-refractivity contribution in [2.75, 3.05) is 23.5 Å². The standard InChI is InChI=1S/C21H20ClF3N4O4/c1-12-3-2-4-15(17(12)28-18(30)13-7-9-26-10-8-13)19(31)29(33-20(32)21(23,24)25)16-6-5-14(22)11-27-16/h2-6,11,13,26H,7-10H2,1H3,(H,28,30). The van der Waals surface area contributed by atoms with E-state index in [9.17, 15) is 27.6 Å². The normalized spacial score (nSPS) is 14.5. The molecule has 0 unspecified atom stereocenters. The van der Waals surface area contributed by atoms with Gasteiger partial charge in [-0.3, -0.25) is 9.59 Å². The minimum Gasteiger partial charge on any atom is -0.325 e. The van der Waals surface area contributed by atoms with Crippen molar-refractivity contribution in [1.82, 2.24) is 10.3 Å². The number of carbonyl (C=O) groups excluding carboxylic acids is 3. The number of carbonyl (C=O) groups is 3. The van der Waals surface area contributed by atoms with Gasteiger partial charge in [0.05, 0.1) is 16.3 Å². The third kappa shape index (κ3) is 5.99. The number of aryl methyl sites for hydroxylation is 1. The number of aromatic nitrogens is 1. The lowest BCUT2D eigenvalue weighted by Gasteiger charge is -2.24. The monoisotopic (exact) mass is 484 g/mol. The molecule has 1 fully saturated rings. The Kier molecular flexibility index (Phi) is 7.54. The van der Waals surface area contributed by atoms with Gasteiger partial charge in [-0.15, -0.1) is 5.06 Å². The van der Waals surface area contributed by atoms with E-state index in [4.69, 9.17) is 11.6 Å². The van der Waals surface area contributed by atoms with Gasteiger partial charge in [-0.25, -0.2) is 9.78 Å². The Hall–Kier alpha value is -3.18. The van der Waals surface area contributed by atoms with Crippen LogP contribution in [0.2, 0.25) is 5.02 Å². The molecule has 2 amide bonds. The fourth-order valence-corrected chi connectivity index (χ4v) is 3.36. The topological polar surface area (TPSA) is 101 Å². The highest BCUT2D eigenvalue weighted by Crippen LogP contribution is 2.28. The number of halogens is 4. The molecule has 12 heteroatoms. The first kappa shape index (κ1) is 24.5. The van der Waals surface area contributed by atoms with E-state index < -0.39 is 23.9 Å². The van der Waals surface area contributed by atoms with Gasteiger partial charge in [0.1, 0.15) is 0 Å². The summed E-state index contributed by atoms with van der Waals surface area (Å²) < 4.78 is 38.6. The Morgan fingerprint density at radius 3 is 2.48 bits per heavy atom. The third-order valence-corrected chi connectivity index (χ3v) is 5.19. The molecule has 176 valence electrons. The summed E-state index contributed by atoms with van der Waals surface area (Å²) in [4.78, 5) is 45.7. The van der Waals surface area contributed by atoms with Crippen LogP contribution in [0.1, 0.15) is 28.8 Å². The number of nitrogens with one attached hydrogen (secondary N) is 2. The second-order valence-electron chi connectivity index (χ2n) is 7.32. The zero-order valence-electron chi connectivity index (χ0n) is 17.4. The number of amides is 2. The zero-order valence-corrected chi connectivity index (χ0v) is 18.2. The lowest BCUT2D eigenvalue weighted by atomic mass is 9.96. The van der Waals surface area contributed by atoms with Crippen LogP contribution in [0.15, 0.2) is 36.5 Å². The van der Waals surface area contributed by atoms with E-state index in [1.54, 1.807) is 13.0 Å². The van der Waals surface area contributed by atoms with Crippen LogP contribution in [0.25, 0.3) is 0 Å². The molecule has 1 saturated heterocycles. The van der Waals surface area contributed by atoms with E-state index in [0.29, 0.717) is 31.5 Å². The van der Waals surface area contributed by atoms with Gasteiger partial charge in [0, 0.05) is 12.1 Å². The van der Waals surface area contributed by atoms with Crippen LogP contribution in [-0.2, 0) is 14.4 Å². The second-order valence-corrected chi connectivity index (χ2v) is 7.76. The molecular weight excluding hydrogens is 465 g/mol. The Labute approximate surface area is 192 Å². The Bertz CT molecular complexity index is 1040. The van der Waals surface area contributed by atoms with Crippen LogP contribution in [0, 0.1) is 12.8 Å². The molecule has 0 aliphatic carbocycles. The number of rotatable bonds is 4. The Morgan fingerprint density at radius 2 is 1.88 bits per heavy atom. The van der Waals surface area contributed by atoms with Crippen molar-refractivity contribution in [3.8, 4) is 0 Å². The molecule has 8 nitrogen and oxygen atoms in total. The maximum absolute atomic E-state index is 13.3. The summed E-state index contributed by atoms with van der Waals surface area (Å²) in [5.41, 5.74) is 0.423. The van der Waals surface area contributed by atoms with E-state index in [-0.39, 0.29) is 33.2 Å². The second kappa shape index (κ2) is 10.2. The highest BCUT2D eigenvalue weighted by molar-refractivity contribution is 6.30. The summed E-state index contributed by atoms with van der Waals surface area (Å²) in [6, 6.07) is 6.80. The van der Waals surface area contributed by atoms with E-state index in [2.05, 4.69) is 20.5 Å². The third-order valence-electron chi connectivity index (χ3n) is 4.97.